The number of benzene rings is 1. The number of guanidine groups is 1. The second-order valence-electron chi connectivity index (χ2n) is 5.32. The number of nitrogens with one attached hydrogen (secondary N) is 2. The third-order valence-electron chi connectivity index (χ3n) is 3.11. The summed E-state index contributed by atoms with van der Waals surface area (Å²) in [5.41, 5.74) is 0.791. The molecule has 0 fully saturated rings. The molecule has 0 bridgehead atoms. The first-order chi connectivity index (χ1) is 10.7. The summed E-state index contributed by atoms with van der Waals surface area (Å²) in [5, 5.41) is 16.9. The number of nitro groups is 1. The van der Waals surface area contributed by atoms with Gasteiger partial charge in [-0.2, -0.15) is 0 Å². The SMILES string of the molecule is CN=C(NCc1cccc([N+](=O)[O-])c1)NC(C)CCS(C)(=O)=O.I. The van der Waals surface area contributed by atoms with E-state index in [4.69, 9.17) is 0 Å². The Morgan fingerprint density at radius 3 is 2.62 bits per heavy atom. The minimum Gasteiger partial charge on any atom is -0.354 e. The summed E-state index contributed by atoms with van der Waals surface area (Å²) in [6.45, 7) is 2.24. The van der Waals surface area contributed by atoms with Gasteiger partial charge < -0.3 is 10.6 Å². The summed E-state index contributed by atoms with van der Waals surface area (Å²) in [5.74, 6) is 0.612. The number of nitrogens with zero attached hydrogens (tertiary/aromatic N) is 2. The Balaban J connectivity index is 0.00000529. The number of hydrogen-bond donors (Lipinski definition) is 2. The molecule has 0 aliphatic rings. The van der Waals surface area contributed by atoms with Crippen molar-refractivity contribution >= 4 is 45.5 Å². The highest BCUT2D eigenvalue weighted by atomic mass is 127. The smallest absolute Gasteiger partial charge is 0.269 e. The standard InChI is InChI=1S/C14H22N4O4S.HI/c1-11(7-8-23(3,21)22)17-14(15-2)16-10-12-5-4-6-13(9-12)18(19)20;/h4-6,9,11H,7-8,10H2,1-3H3,(H2,15,16,17);1H. The molecule has 0 aromatic heterocycles. The van der Waals surface area contributed by atoms with E-state index in [1.54, 1.807) is 19.2 Å². The molecule has 1 rings (SSSR count). The summed E-state index contributed by atoms with van der Waals surface area (Å²) < 4.78 is 22.3. The lowest BCUT2D eigenvalue weighted by atomic mass is 10.2. The van der Waals surface area contributed by atoms with Crippen LogP contribution in [0.4, 0.5) is 5.69 Å². The van der Waals surface area contributed by atoms with Crippen molar-refractivity contribution in [3.63, 3.8) is 0 Å². The van der Waals surface area contributed by atoms with Crippen molar-refractivity contribution in [1.29, 1.82) is 0 Å². The van der Waals surface area contributed by atoms with Gasteiger partial charge in [-0.3, -0.25) is 15.1 Å². The Kier molecular flexibility index (Phi) is 9.82. The van der Waals surface area contributed by atoms with Gasteiger partial charge in [-0.15, -0.1) is 24.0 Å². The predicted molar refractivity (Wildman–Crippen MR) is 106 cm³/mol. The maximum atomic E-state index is 11.2. The van der Waals surface area contributed by atoms with Crippen molar-refractivity contribution in [2.75, 3.05) is 19.1 Å². The topological polar surface area (TPSA) is 114 Å². The van der Waals surface area contributed by atoms with Crippen LogP contribution in [0, 0.1) is 10.1 Å². The Bertz CT molecular complexity index is 679. The molecule has 2 N–H and O–H groups in total. The zero-order valence-electron chi connectivity index (χ0n) is 13.9. The van der Waals surface area contributed by atoms with E-state index in [2.05, 4.69) is 15.6 Å². The molecule has 0 aliphatic heterocycles. The van der Waals surface area contributed by atoms with Crippen molar-refractivity contribution in [3.8, 4) is 0 Å². The third-order valence-corrected chi connectivity index (χ3v) is 4.09. The van der Waals surface area contributed by atoms with E-state index in [9.17, 15) is 18.5 Å². The number of sulfone groups is 1. The quantitative estimate of drug-likeness (QED) is 0.206. The molecule has 1 unspecified atom stereocenters. The van der Waals surface area contributed by atoms with Gasteiger partial charge in [0.15, 0.2) is 5.96 Å². The van der Waals surface area contributed by atoms with E-state index in [1.807, 2.05) is 6.92 Å². The van der Waals surface area contributed by atoms with Gasteiger partial charge in [0.1, 0.15) is 9.84 Å². The highest BCUT2D eigenvalue weighted by Crippen LogP contribution is 2.12. The fraction of sp³-hybridized carbons (Fsp3) is 0.500. The second kappa shape index (κ2) is 10.4. The average molecular weight is 470 g/mol. The first-order valence-corrected chi connectivity index (χ1v) is 9.15. The van der Waals surface area contributed by atoms with Crippen LogP contribution in [0.25, 0.3) is 0 Å². The molecule has 0 saturated carbocycles. The van der Waals surface area contributed by atoms with Gasteiger partial charge in [0.05, 0.1) is 10.7 Å². The maximum absolute atomic E-state index is 11.2. The Labute approximate surface area is 159 Å². The molecule has 24 heavy (non-hydrogen) atoms. The maximum Gasteiger partial charge on any atom is 0.269 e. The molecule has 0 spiro atoms. The monoisotopic (exact) mass is 470 g/mol. The van der Waals surface area contributed by atoms with Gasteiger partial charge in [-0.05, 0) is 18.9 Å². The van der Waals surface area contributed by atoms with Crippen molar-refractivity contribution in [3.05, 3.63) is 39.9 Å². The van der Waals surface area contributed by atoms with Crippen LogP contribution in [0.1, 0.15) is 18.9 Å². The van der Waals surface area contributed by atoms with Crippen molar-refractivity contribution in [2.45, 2.75) is 25.9 Å². The number of rotatable bonds is 7. The number of aliphatic imine (C=N–C) groups is 1. The zero-order valence-corrected chi connectivity index (χ0v) is 17.0. The van der Waals surface area contributed by atoms with E-state index < -0.39 is 14.8 Å². The molecule has 0 aliphatic carbocycles. The molecular weight excluding hydrogens is 447 g/mol. The molecule has 136 valence electrons. The predicted octanol–water partition coefficient (Wildman–Crippen LogP) is 1.70. The number of hydrogen-bond acceptors (Lipinski definition) is 5. The lowest BCUT2D eigenvalue weighted by molar-refractivity contribution is -0.384. The summed E-state index contributed by atoms with van der Waals surface area (Å²) >= 11 is 0. The Hall–Kier alpha value is -1.43. The average Bonchev–Trinajstić information content (AvgIpc) is 2.49. The Morgan fingerprint density at radius 2 is 2.08 bits per heavy atom. The lowest BCUT2D eigenvalue weighted by Gasteiger charge is -2.17. The van der Waals surface area contributed by atoms with Gasteiger partial charge >= 0.3 is 0 Å². The minimum absolute atomic E-state index is 0. The second-order valence-corrected chi connectivity index (χ2v) is 7.58. The third kappa shape index (κ3) is 9.01. The fourth-order valence-corrected chi connectivity index (χ4v) is 2.64. The van der Waals surface area contributed by atoms with E-state index in [0.29, 0.717) is 18.9 Å². The van der Waals surface area contributed by atoms with Crippen molar-refractivity contribution < 1.29 is 13.3 Å². The van der Waals surface area contributed by atoms with Gasteiger partial charge in [0.25, 0.3) is 5.69 Å². The number of halogens is 1. The van der Waals surface area contributed by atoms with Gasteiger partial charge in [0, 0.05) is 38.0 Å². The molecule has 0 heterocycles. The Morgan fingerprint density at radius 1 is 1.42 bits per heavy atom. The highest BCUT2D eigenvalue weighted by Gasteiger charge is 2.10. The molecule has 0 radical (unpaired) electrons. The van der Waals surface area contributed by atoms with E-state index in [0.717, 1.165) is 5.56 Å². The summed E-state index contributed by atoms with van der Waals surface area (Å²) in [6, 6.07) is 6.26. The van der Waals surface area contributed by atoms with E-state index in [1.165, 1.54) is 18.4 Å². The fourth-order valence-electron chi connectivity index (χ4n) is 1.86. The van der Waals surface area contributed by atoms with Gasteiger partial charge in [-0.25, -0.2) is 8.42 Å². The molecular formula is C14H23IN4O4S. The van der Waals surface area contributed by atoms with Crippen LogP contribution >= 0.6 is 24.0 Å². The molecule has 1 aromatic carbocycles. The lowest BCUT2D eigenvalue weighted by Crippen LogP contribution is -2.42. The van der Waals surface area contributed by atoms with Crippen LogP contribution in [-0.2, 0) is 16.4 Å². The molecule has 10 heteroatoms. The highest BCUT2D eigenvalue weighted by molar-refractivity contribution is 14.0. The molecule has 1 aromatic rings. The van der Waals surface area contributed by atoms with E-state index in [-0.39, 0.29) is 41.5 Å². The summed E-state index contributed by atoms with van der Waals surface area (Å²) in [4.78, 5) is 14.4. The van der Waals surface area contributed by atoms with Crippen LogP contribution in [0.3, 0.4) is 0 Å². The molecule has 0 saturated heterocycles. The van der Waals surface area contributed by atoms with Crippen molar-refractivity contribution in [2.24, 2.45) is 4.99 Å². The summed E-state index contributed by atoms with van der Waals surface area (Å²) in [6.07, 6.45) is 1.67. The first-order valence-electron chi connectivity index (χ1n) is 7.09. The molecule has 0 amide bonds. The largest absolute Gasteiger partial charge is 0.354 e. The normalized spacial score (nSPS) is 12.9. The van der Waals surface area contributed by atoms with Crippen LogP contribution in [0.15, 0.2) is 29.3 Å². The number of nitro benzene ring substituents is 1. The zero-order chi connectivity index (χ0) is 17.5. The van der Waals surface area contributed by atoms with Crippen LogP contribution in [0.2, 0.25) is 0 Å². The van der Waals surface area contributed by atoms with Crippen LogP contribution in [-0.4, -0.2) is 44.4 Å². The summed E-state index contributed by atoms with van der Waals surface area (Å²) in [7, 11) is -1.39. The first kappa shape index (κ1) is 22.6. The van der Waals surface area contributed by atoms with Gasteiger partial charge in [-0.1, -0.05) is 12.1 Å². The van der Waals surface area contributed by atoms with Crippen LogP contribution in [0.5, 0.6) is 0 Å². The molecule has 1 atom stereocenters. The number of non-ortho nitro benzene ring substituents is 1. The van der Waals surface area contributed by atoms with Crippen molar-refractivity contribution in [1.82, 2.24) is 10.6 Å². The molecule has 8 nitrogen and oxygen atoms in total. The van der Waals surface area contributed by atoms with Gasteiger partial charge in [0.2, 0.25) is 0 Å². The minimum atomic E-state index is -2.99. The van der Waals surface area contributed by atoms with E-state index >= 15 is 0 Å². The van der Waals surface area contributed by atoms with Crippen LogP contribution < -0.4 is 10.6 Å².